The summed E-state index contributed by atoms with van der Waals surface area (Å²) in [4.78, 5) is 0.460. The Morgan fingerprint density at radius 3 is 2.33 bits per heavy atom. The highest BCUT2D eigenvalue weighted by molar-refractivity contribution is 7.86. The molecule has 2 aromatic rings. The van der Waals surface area contributed by atoms with Gasteiger partial charge in [-0.15, -0.1) is 8.98 Å². The molecule has 0 amide bonds. The number of aromatic nitrogens is 2. The van der Waals surface area contributed by atoms with Crippen molar-refractivity contribution >= 4 is 21.8 Å². The van der Waals surface area contributed by atoms with Crippen LogP contribution in [0.15, 0.2) is 35.4 Å². The predicted molar refractivity (Wildman–Crippen MR) is 53.6 cm³/mol. The molecule has 0 aliphatic carbocycles. The van der Waals surface area contributed by atoms with Crippen LogP contribution in [-0.4, -0.2) is 18.0 Å². The highest BCUT2D eigenvalue weighted by atomic mass is 32.3. The molecule has 0 aliphatic heterocycles. The first-order chi connectivity index (χ1) is 7.07. The van der Waals surface area contributed by atoms with Crippen LogP contribution in [0.3, 0.4) is 0 Å². The molecule has 1 aromatic heterocycles. The van der Waals surface area contributed by atoms with Crippen LogP contribution in [0.25, 0.3) is 10.4 Å². The Morgan fingerprint density at radius 2 is 1.87 bits per heavy atom. The van der Waals surface area contributed by atoms with Crippen molar-refractivity contribution in [2.24, 2.45) is 0 Å². The van der Waals surface area contributed by atoms with Gasteiger partial charge >= 0.3 is 10.2 Å². The van der Waals surface area contributed by atoms with Gasteiger partial charge in [0, 0.05) is 0 Å². The molecule has 4 nitrogen and oxygen atoms in total. The number of halogens is 1. The molecule has 1 aromatic carbocycles. The maximum atomic E-state index is 12.5. The van der Waals surface area contributed by atoms with Crippen LogP contribution in [0.2, 0.25) is 0 Å². The molecular formula is C8H5FN2O2S2. The van der Waals surface area contributed by atoms with Crippen molar-refractivity contribution in [3.8, 4) is 10.4 Å². The summed E-state index contributed by atoms with van der Waals surface area (Å²) in [5.74, 6) is 0. The Bertz CT molecular complexity index is 549. The van der Waals surface area contributed by atoms with Gasteiger partial charge in [0.1, 0.15) is 0 Å². The summed E-state index contributed by atoms with van der Waals surface area (Å²) in [7, 11) is -4.62. The highest BCUT2D eigenvalue weighted by Gasteiger charge is 2.11. The van der Waals surface area contributed by atoms with Gasteiger partial charge in [-0.3, -0.25) is 0 Å². The first-order valence-corrected chi connectivity index (χ1v) is 6.05. The first kappa shape index (κ1) is 10.2. The van der Waals surface area contributed by atoms with E-state index < -0.39 is 10.2 Å². The molecule has 0 fully saturated rings. The molecule has 0 spiro atoms. The Morgan fingerprint density at radius 1 is 1.20 bits per heavy atom. The molecule has 78 valence electrons. The molecule has 15 heavy (non-hydrogen) atoms. The minimum Gasteiger partial charge on any atom is -0.189 e. The number of hydrogen-bond acceptors (Lipinski definition) is 5. The van der Waals surface area contributed by atoms with Crippen molar-refractivity contribution in [2.45, 2.75) is 4.90 Å². The van der Waals surface area contributed by atoms with Crippen LogP contribution in [0.5, 0.6) is 0 Å². The van der Waals surface area contributed by atoms with Gasteiger partial charge in [0.25, 0.3) is 0 Å². The van der Waals surface area contributed by atoms with Crippen molar-refractivity contribution in [3.05, 3.63) is 30.5 Å². The second-order valence-corrected chi connectivity index (χ2v) is 4.88. The van der Waals surface area contributed by atoms with Crippen LogP contribution in [0.4, 0.5) is 3.89 Å². The molecule has 0 unspecified atom stereocenters. The van der Waals surface area contributed by atoms with Crippen LogP contribution in [-0.2, 0) is 10.2 Å². The van der Waals surface area contributed by atoms with Gasteiger partial charge in [0.2, 0.25) is 0 Å². The van der Waals surface area contributed by atoms with E-state index in [1.165, 1.54) is 35.8 Å². The minimum absolute atomic E-state index is 0.344. The predicted octanol–water partition coefficient (Wildman–Crippen LogP) is 1.86. The summed E-state index contributed by atoms with van der Waals surface area (Å²) < 4.78 is 37.3. The van der Waals surface area contributed by atoms with E-state index >= 15 is 0 Å². The molecule has 0 saturated heterocycles. The van der Waals surface area contributed by atoms with Gasteiger partial charge in [0.05, 0.1) is 16.0 Å². The molecule has 0 radical (unpaired) electrons. The van der Waals surface area contributed by atoms with Crippen LogP contribution in [0, 0.1) is 0 Å². The van der Waals surface area contributed by atoms with Crippen LogP contribution >= 0.6 is 11.5 Å². The molecule has 7 heteroatoms. The van der Waals surface area contributed by atoms with Crippen LogP contribution < -0.4 is 0 Å². The highest BCUT2D eigenvalue weighted by Crippen LogP contribution is 2.23. The van der Waals surface area contributed by atoms with E-state index in [1.807, 2.05) is 0 Å². The quantitative estimate of drug-likeness (QED) is 0.756. The van der Waals surface area contributed by atoms with Crippen molar-refractivity contribution in [1.82, 2.24) is 9.59 Å². The molecule has 0 aliphatic rings. The third-order valence-corrected chi connectivity index (χ3v) is 3.33. The molecule has 0 atom stereocenters. The van der Waals surface area contributed by atoms with Crippen molar-refractivity contribution in [2.75, 3.05) is 0 Å². The fourth-order valence-corrected chi connectivity index (χ4v) is 2.06. The minimum atomic E-state index is -4.62. The van der Waals surface area contributed by atoms with E-state index in [1.54, 1.807) is 6.20 Å². The monoisotopic (exact) mass is 244 g/mol. The molecule has 0 N–H and O–H groups in total. The van der Waals surface area contributed by atoms with Gasteiger partial charge in [-0.2, -0.15) is 8.42 Å². The second-order valence-electron chi connectivity index (χ2n) is 2.74. The average molecular weight is 244 g/mol. The molecule has 0 saturated carbocycles. The zero-order chi connectivity index (χ0) is 10.9. The number of nitrogens with zero attached hydrogens (tertiary/aromatic N) is 2. The smallest absolute Gasteiger partial charge is 0.189 e. The van der Waals surface area contributed by atoms with Gasteiger partial charge in [-0.1, -0.05) is 16.6 Å². The fourth-order valence-electron chi connectivity index (χ4n) is 1.08. The van der Waals surface area contributed by atoms with Crippen molar-refractivity contribution < 1.29 is 12.3 Å². The lowest BCUT2D eigenvalue weighted by atomic mass is 10.2. The Hall–Kier alpha value is -1.34. The molecule has 2 rings (SSSR count). The SMILES string of the molecule is O=S(=O)(F)c1ccc(-c2cnns2)cc1. The largest absolute Gasteiger partial charge is 0.332 e. The molecular weight excluding hydrogens is 239 g/mol. The number of rotatable bonds is 2. The summed E-state index contributed by atoms with van der Waals surface area (Å²) in [5, 5.41) is 3.65. The van der Waals surface area contributed by atoms with E-state index in [-0.39, 0.29) is 4.90 Å². The van der Waals surface area contributed by atoms with Crippen LogP contribution in [0.1, 0.15) is 0 Å². The third kappa shape index (κ3) is 2.18. The van der Waals surface area contributed by atoms with E-state index in [9.17, 15) is 12.3 Å². The fraction of sp³-hybridized carbons (Fsp3) is 0. The summed E-state index contributed by atoms with van der Waals surface area (Å²) >= 11 is 1.19. The zero-order valence-electron chi connectivity index (χ0n) is 7.29. The van der Waals surface area contributed by atoms with Crippen molar-refractivity contribution in [3.63, 3.8) is 0 Å². The average Bonchev–Trinajstić information content (AvgIpc) is 2.69. The third-order valence-electron chi connectivity index (χ3n) is 1.78. The first-order valence-electron chi connectivity index (χ1n) is 3.90. The van der Waals surface area contributed by atoms with Gasteiger partial charge in [0.15, 0.2) is 0 Å². The lowest BCUT2D eigenvalue weighted by molar-refractivity contribution is 0.552. The molecule has 0 bridgehead atoms. The van der Waals surface area contributed by atoms with E-state index in [2.05, 4.69) is 9.59 Å². The standard InChI is InChI=1S/C8H5FN2O2S2/c9-15(12,13)7-3-1-6(2-4-7)8-5-10-11-14-8/h1-5H. The van der Waals surface area contributed by atoms with E-state index in [0.29, 0.717) is 0 Å². The van der Waals surface area contributed by atoms with E-state index in [0.717, 1.165) is 10.4 Å². The van der Waals surface area contributed by atoms with Crippen molar-refractivity contribution in [1.29, 1.82) is 0 Å². The van der Waals surface area contributed by atoms with E-state index in [4.69, 9.17) is 0 Å². The maximum absolute atomic E-state index is 12.5. The van der Waals surface area contributed by atoms with Gasteiger partial charge in [-0.25, -0.2) is 0 Å². The second kappa shape index (κ2) is 3.67. The Kier molecular flexibility index (Phi) is 2.49. The lowest BCUT2D eigenvalue weighted by Gasteiger charge is -1.97. The lowest BCUT2D eigenvalue weighted by Crippen LogP contribution is -1.90. The maximum Gasteiger partial charge on any atom is 0.332 e. The summed E-state index contributed by atoms with van der Waals surface area (Å²) in [6.07, 6.45) is 1.56. The normalized spacial score (nSPS) is 11.5. The topological polar surface area (TPSA) is 59.9 Å². The Labute approximate surface area is 89.8 Å². The zero-order valence-corrected chi connectivity index (χ0v) is 8.93. The summed E-state index contributed by atoms with van der Waals surface area (Å²) in [6, 6.07) is 5.46. The van der Waals surface area contributed by atoms with Gasteiger partial charge < -0.3 is 0 Å². The Balaban J connectivity index is 2.42. The molecule has 1 heterocycles. The summed E-state index contributed by atoms with van der Waals surface area (Å²) in [6.45, 7) is 0. The summed E-state index contributed by atoms with van der Waals surface area (Å²) in [5.41, 5.74) is 0.761. The number of benzene rings is 1. The number of hydrogen-bond donors (Lipinski definition) is 0. The van der Waals surface area contributed by atoms with Gasteiger partial charge in [-0.05, 0) is 29.2 Å².